The van der Waals surface area contributed by atoms with Crippen molar-refractivity contribution in [1.29, 1.82) is 0 Å². The second-order valence-corrected chi connectivity index (χ2v) is 5.56. The van der Waals surface area contributed by atoms with Gasteiger partial charge in [-0.05, 0) is 50.6 Å². The lowest BCUT2D eigenvalue weighted by Gasteiger charge is -2.17. The van der Waals surface area contributed by atoms with Crippen molar-refractivity contribution >= 4 is 21.8 Å². The summed E-state index contributed by atoms with van der Waals surface area (Å²) in [6, 6.07) is 9.32. The first-order valence-electron chi connectivity index (χ1n) is 6.51. The van der Waals surface area contributed by atoms with Crippen molar-refractivity contribution in [2.75, 3.05) is 0 Å². The Morgan fingerprint density at radius 2 is 2.00 bits per heavy atom. The van der Waals surface area contributed by atoms with Crippen molar-refractivity contribution in [3.63, 3.8) is 0 Å². The second kappa shape index (κ2) is 6.22. The third-order valence-electron chi connectivity index (χ3n) is 2.96. The summed E-state index contributed by atoms with van der Waals surface area (Å²) in [7, 11) is 0. The van der Waals surface area contributed by atoms with E-state index in [4.69, 9.17) is 4.74 Å². The molecule has 20 heavy (non-hydrogen) atoms. The second-order valence-electron chi connectivity index (χ2n) is 4.65. The first-order valence-corrected chi connectivity index (χ1v) is 7.30. The number of aryl methyl sites for hydroxylation is 2. The fourth-order valence-electron chi connectivity index (χ4n) is 1.97. The summed E-state index contributed by atoms with van der Waals surface area (Å²) in [5.41, 5.74) is 1.65. The number of halogens is 1. The Bertz CT molecular complexity index is 605. The van der Waals surface area contributed by atoms with Gasteiger partial charge in [0.25, 0.3) is 5.91 Å². The molecule has 1 aromatic heterocycles. The minimum Gasteiger partial charge on any atom is -0.481 e. The van der Waals surface area contributed by atoms with Crippen LogP contribution in [0.5, 0.6) is 5.75 Å². The third kappa shape index (κ3) is 3.28. The SMILES string of the molecule is CC[C@@H](Oc1ccc(Br)cc1)C(=O)n1nc(C)cc1C. The van der Waals surface area contributed by atoms with E-state index in [1.807, 2.05) is 51.1 Å². The quantitative estimate of drug-likeness (QED) is 0.853. The molecule has 0 amide bonds. The molecule has 106 valence electrons. The monoisotopic (exact) mass is 336 g/mol. The van der Waals surface area contributed by atoms with E-state index >= 15 is 0 Å². The van der Waals surface area contributed by atoms with Crippen molar-refractivity contribution in [2.24, 2.45) is 0 Å². The van der Waals surface area contributed by atoms with Gasteiger partial charge in [0.1, 0.15) is 5.75 Å². The summed E-state index contributed by atoms with van der Waals surface area (Å²) < 4.78 is 8.16. The van der Waals surface area contributed by atoms with E-state index in [2.05, 4.69) is 21.0 Å². The van der Waals surface area contributed by atoms with Gasteiger partial charge in [-0.25, -0.2) is 4.68 Å². The van der Waals surface area contributed by atoms with E-state index in [1.54, 1.807) is 0 Å². The normalized spacial score (nSPS) is 12.2. The first kappa shape index (κ1) is 14.8. The highest BCUT2D eigenvalue weighted by Gasteiger charge is 2.22. The lowest BCUT2D eigenvalue weighted by molar-refractivity contribution is 0.0674. The van der Waals surface area contributed by atoms with Crippen LogP contribution in [-0.2, 0) is 0 Å². The van der Waals surface area contributed by atoms with Crippen molar-refractivity contribution in [2.45, 2.75) is 33.3 Å². The molecular formula is C15H17BrN2O2. The Hall–Kier alpha value is -1.62. The number of aromatic nitrogens is 2. The first-order chi connectivity index (χ1) is 9.51. The maximum atomic E-state index is 12.4. The van der Waals surface area contributed by atoms with Crippen LogP contribution in [0, 0.1) is 13.8 Å². The Morgan fingerprint density at radius 3 is 2.50 bits per heavy atom. The van der Waals surface area contributed by atoms with Crippen LogP contribution in [0.2, 0.25) is 0 Å². The van der Waals surface area contributed by atoms with E-state index in [1.165, 1.54) is 4.68 Å². The number of carbonyl (C=O) groups is 1. The van der Waals surface area contributed by atoms with Crippen LogP contribution in [0.4, 0.5) is 0 Å². The fourth-order valence-corrected chi connectivity index (χ4v) is 2.24. The largest absolute Gasteiger partial charge is 0.481 e. The minimum absolute atomic E-state index is 0.138. The number of ether oxygens (including phenoxy) is 1. The summed E-state index contributed by atoms with van der Waals surface area (Å²) in [6.45, 7) is 5.66. The van der Waals surface area contributed by atoms with Crippen LogP contribution in [0.25, 0.3) is 0 Å². The van der Waals surface area contributed by atoms with Crippen molar-refractivity contribution in [1.82, 2.24) is 9.78 Å². The number of carbonyl (C=O) groups excluding carboxylic acids is 1. The molecule has 5 heteroatoms. The van der Waals surface area contributed by atoms with E-state index in [9.17, 15) is 4.79 Å². The molecule has 0 unspecified atom stereocenters. The van der Waals surface area contributed by atoms with Gasteiger partial charge < -0.3 is 4.74 Å². The predicted octanol–water partition coefficient (Wildman–Crippen LogP) is 3.76. The zero-order chi connectivity index (χ0) is 14.7. The van der Waals surface area contributed by atoms with Gasteiger partial charge in [0.15, 0.2) is 6.10 Å². The van der Waals surface area contributed by atoms with Gasteiger partial charge in [-0.3, -0.25) is 4.79 Å². The Morgan fingerprint density at radius 1 is 1.35 bits per heavy atom. The highest BCUT2D eigenvalue weighted by Crippen LogP contribution is 2.19. The molecule has 2 aromatic rings. The predicted molar refractivity (Wildman–Crippen MR) is 81.2 cm³/mol. The van der Waals surface area contributed by atoms with Crippen LogP contribution < -0.4 is 4.74 Å². The Kier molecular flexibility index (Phi) is 4.60. The molecule has 0 radical (unpaired) electrons. The molecule has 2 rings (SSSR count). The van der Waals surface area contributed by atoms with Crippen molar-refractivity contribution < 1.29 is 9.53 Å². The van der Waals surface area contributed by atoms with Gasteiger partial charge in [0, 0.05) is 10.2 Å². The molecule has 0 fully saturated rings. The minimum atomic E-state index is -0.533. The van der Waals surface area contributed by atoms with Crippen LogP contribution in [0.15, 0.2) is 34.8 Å². The number of hydrogen-bond acceptors (Lipinski definition) is 3. The molecule has 0 spiro atoms. The summed E-state index contributed by atoms with van der Waals surface area (Å²) in [4.78, 5) is 12.4. The molecule has 0 aliphatic carbocycles. The van der Waals surface area contributed by atoms with Gasteiger partial charge in [0.05, 0.1) is 5.69 Å². The zero-order valence-electron chi connectivity index (χ0n) is 11.8. The smallest absolute Gasteiger partial charge is 0.288 e. The molecule has 0 aliphatic heterocycles. The summed E-state index contributed by atoms with van der Waals surface area (Å²) in [5.74, 6) is 0.538. The van der Waals surface area contributed by atoms with Gasteiger partial charge in [-0.15, -0.1) is 0 Å². The molecule has 1 aromatic carbocycles. The molecule has 0 saturated carbocycles. The number of nitrogens with zero attached hydrogens (tertiary/aromatic N) is 2. The summed E-state index contributed by atoms with van der Waals surface area (Å²) in [5, 5.41) is 4.21. The lowest BCUT2D eigenvalue weighted by atomic mass is 10.2. The van der Waals surface area contributed by atoms with E-state index < -0.39 is 6.10 Å². The topological polar surface area (TPSA) is 44.1 Å². The standard InChI is InChI=1S/C15H17BrN2O2/c1-4-14(20-13-7-5-12(16)6-8-13)15(19)18-11(3)9-10(2)17-18/h5-9,14H,4H2,1-3H3/t14-/m1/s1. The molecule has 1 atom stereocenters. The Balaban J connectivity index is 2.17. The van der Waals surface area contributed by atoms with Gasteiger partial charge >= 0.3 is 0 Å². The highest BCUT2D eigenvalue weighted by atomic mass is 79.9. The number of hydrogen-bond donors (Lipinski definition) is 0. The molecule has 0 bridgehead atoms. The summed E-state index contributed by atoms with van der Waals surface area (Å²) in [6.07, 6.45) is 0.0573. The molecule has 0 saturated heterocycles. The average Bonchev–Trinajstić information content (AvgIpc) is 2.76. The molecule has 4 nitrogen and oxygen atoms in total. The van der Waals surface area contributed by atoms with E-state index in [0.29, 0.717) is 12.2 Å². The van der Waals surface area contributed by atoms with E-state index in [-0.39, 0.29) is 5.91 Å². The number of rotatable bonds is 4. The molecular weight excluding hydrogens is 320 g/mol. The number of benzene rings is 1. The molecule has 1 heterocycles. The highest BCUT2D eigenvalue weighted by molar-refractivity contribution is 9.10. The van der Waals surface area contributed by atoms with Crippen LogP contribution in [0.3, 0.4) is 0 Å². The molecule has 0 aliphatic rings. The maximum absolute atomic E-state index is 12.4. The fraction of sp³-hybridized carbons (Fsp3) is 0.333. The van der Waals surface area contributed by atoms with Crippen LogP contribution in [-0.4, -0.2) is 21.8 Å². The summed E-state index contributed by atoms with van der Waals surface area (Å²) >= 11 is 3.37. The van der Waals surface area contributed by atoms with Crippen molar-refractivity contribution in [3.05, 3.63) is 46.2 Å². The molecule has 0 N–H and O–H groups in total. The van der Waals surface area contributed by atoms with Gasteiger partial charge in [0.2, 0.25) is 0 Å². The van der Waals surface area contributed by atoms with Crippen LogP contribution in [0.1, 0.15) is 29.5 Å². The van der Waals surface area contributed by atoms with Gasteiger partial charge in [-0.1, -0.05) is 22.9 Å². The average molecular weight is 337 g/mol. The lowest BCUT2D eigenvalue weighted by Crippen LogP contribution is -2.32. The third-order valence-corrected chi connectivity index (χ3v) is 3.49. The Labute approximate surface area is 126 Å². The maximum Gasteiger partial charge on any atom is 0.288 e. The van der Waals surface area contributed by atoms with Crippen LogP contribution >= 0.6 is 15.9 Å². The van der Waals surface area contributed by atoms with Crippen molar-refractivity contribution in [3.8, 4) is 5.75 Å². The van der Waals surface area contributed by atoms with E-state index in [0.717, 1.165) is 15.9 Å². The van der Waals surface area contributed by atoms with Gasteiger partial charge in [-0.2, -0.15) is 5.10 Å². The zero-order valence-corrected chi connectivity index (χ0v) is 13.3.